The number of pyridine rings is 1. The van der Waals surface area contributed by atoms with Gasteiger partial charge >= 0.3 is 0 Å². The highest BCUT2D eigenvalue weighted by Crippen LogP contribution is 2.28. The van der Waals surface area contributed by atoms with Crippen molar-refractivity contribution >= 4 is 43.5 Å². The van der Waals surface area contributed by atoms with Gasteiger partial charge in [-0.15, -0.1) is 0 Å². The van der Waals surface area contributed by atoms with E-state index in [4.69, 9.17) is 4.74 Å². The van der Waals surface area contributed by atoms with Crippen LogP contribution in [0.1, 0.15) is 21.6 Å². The number of anilines is 1. The lowest BCUT2D eigenvalue weighted by molar-refractivity contribution is 0.102. The molecule has 0 spiro atoms. The summed E-state index contributed by atoms with van der Waals surface area (Å²) in [6, 6.07) is 13.5. The fourth-order valence-electron chi connectivity index (χ4n) is 2.86. The van der Waals surface area contributed by atoms with Gasteiger partial charge in [-0.05, 0) is 55.8 Å². The molecule has 0 aliphatic rings. The summed E-state index contributed by atoms with van der Waals surface area (Å²) in [5, 5.41) is 4.34. The number of thiazole rings is 1. The van der Waals surface area contributed by atoms with Crippen molar-refractivity contribution in [2.45, 2.75) is 13.8 Å². The van der Waals surface area contributed by atoms with Gasteiger partial charge in [0.1, 0.15) is 5.75 Å². The minimum absolute atomic E-state index is 0.213. The maximum Gasteiger partial charge on any atom is 0.259 e. The molecule has 4 aromatic rings. The second kappa shape index (κ2) is 6.38. The number of benzene rings is 2. The van der Waals surface area contributed by atoms with Crippen LogP contribution in [0.15, 0.2) is 42.5 Å². The molecule has 0 fully saturated rings. The zero-order valence-corrected chi connectivity index (χ0v) is 15.5. The molecule has 1 N–H and O–H groups in total. The molecule has 0 radical (unpaired) electrons. The number of carbonyl (C=O) groups is 1. The highest BCUT2D eigenvalue weighted by atomic mass is 32.1. The number of nitrogens with one attached hydrogen (secondary N) is 1. The number of carbonyl (C=O) groups excluding carboxylic acids is 1. The van der Waals surface area contributed by atoms with Crippen LogP contribution in [0.3, 0.4) is 0 Å². The van der Waals surface area contributed by atoms with E-state index in [0.29, 0.717) is 16.4 Å². The third kappa shape index (κ3) is 2.99. The standard InChI is InChI=1S/C20H17N3O2S/c1-11-4-6-17-18(8-11)26-20(22-17)23-19(24)15-10-13-9-14(25-3)5-7-16(13)21-12(15)2/h4-10H,1-3H3,(H,22,23,24). The van der Waals surface area contributed by atoms with Gasteiger partial charge in [0.15, 0.2) is 5.13 Å². The van der Waals surface area contributed by atoms with E-state index < -0.39 is 0 Å². The Morgan fingerprint density at radius 2 is 1.85 bits per heavy atom. The Hall–Kier alpha value is -2.99. The second-order valence-corrected chi connectivity index (χ2v) is 7.15. The van der Waals surface area contributed by atoms with Crippen LogP contribution in [0.4, 0.5) is 5.13 Å². The lowest BCUT2D eigenvalue weighted by atomic mass is 10.1. The monoisotopic (exact) mass is 363 g/mol. The zero-order chi connectivity index (χ0) is 18.3. The van der Waals surface area contributed by atoms with Gasteiger partial charge in [0.2, 0.25) is 0 Å². The quantitative estimate of drug-likeness (QED) is 0.572. The molecule has 2 aromatic heterocycles. The summed E-state index contributed by atoms with van der Waals surface area (Å²) in [4.78, 5) is 21.8. The number of aromatic nitrogens is 2. The van der Waals surface area contributed by atoms with E-state index in [1.54, 1.807) is 7.11 Å². The van der Waals surface area contributed by atoms with Crippen molar-refractivity contribution in [1.29, 1.82) is 0 Å². The first-order valence-corrected chi connectivity index (χ1v) is 8.99. The van der Waals surface area contributed by atoms with Gasteiger partial charge in [-0.1, -0.05) is 17.4 Å². The molecule has 130 valence electrons. The van der Waals surface area contributed by atoms with Gasteiger partial charge in [0, 0.05) is 5.39 Å². The van der Waals surface area contributed by atoms with E-state index in [9.17, 15) is 4.79 Å². The zero-order valence-electron chi connectivity index (χ0n) is 14.7. The number of nitrogens with zero attached hydrogens (tertiary/aromatic N) is 2. The third-order valence-electron chi connectivity index (χ3n) is 4.22. The topological polar surface area (TPSA) is 64.1 Å². The Morgan fingerprint density at radius 3 is 2.65 bits per heavy atom. The van der Waals surface area contributed by atoms with Gasteiger partial charge in [0.25, 0.3) is 5.91 Å². The summed E-state index contributed by atoms with van der Waals surface area (Å²) in [7, 11) is 1.62. The predicted molar refractivity (Wildman–Crippen MR) is 105 cm³/mol. The second-order valence-electron chi connectivity index (χ2n) is 6.12. The van der Waals surface area contributed by atoms with E-state index in [1.165, 1.54) is 16.9 Å². The van der Waals surface area contributed by atoms with Crippen molar-refractivity contribution in [2.24, 2.45) is 0 Å². The lowest BCUT2D eigenvalue weighted by Crippen LogP contribution is -2.14. The van der Waals surface area contributed by atoms with Crippen LogP contribution in [0.2, 0.25) is 0 Å². The van der Waals surface area contributed by atoms with Crippen molar-refractivity contribution in [1.82, 2.24) is 9.97 Å². The van der Waals surface area contributed by atoms with Gasteiger partial charge in [0.05, 0.1) is 34.1 Å². The Morgan fingerprint density at radius 1 is 1.04 bits per heavy atom. The smallest absolute Gasteiger partial charge is 0.259 e. The molecular formula is C20H17N3O2S. The highest BCUT2D eigenvalue weighted by Gasteiger charge is 2.14. The normalized spacial score (nSPS) is 11.0. The van der Waals surface area contributed by atoms with Crippen molar-refractivity contribution in [3.05, 3.63) is 59.3 Å². The van der Waals surface area contributed by atoms with Crippen molar-refractivity contribution in [3.8, 4) is 5.75 Å². The summed E-state index contributed by atoms with van der Waals surface area (Å²) in [5.41, 5.74) is 4.09. The summed E-state index contributed by atoms with van der Waals surface area (Å²) in [6.07, 6.45) is 0. The molecule has 2 heterocycles. The number of amides is 1. The lowest BCUT2D eigenvalue weighted by Gasteiger charge is -2.08. The molecule has 0 aliphatic carbocycles. The number of ether oxygens (including phenoxy) is 1. The number of hydrogen-bond donors (Lipinski definition) is 1. The van der Waals surface area contributed by atoms with Crippen LogP contribution in [0.25, 0.3) is 21.1 Å². The largest absolute Gasteiger partial charge is 0.497 e. The molecule has 1 amide bonds. The maximum absolute atomic E-state index is 12.8. The van der Waals surface area contributed by atoms with Gasteiger partial charge in [-0.2, -0.15) is 0 Å². The van der Waals surface area contributed by atoms with Gasteiger partial charge in [-0.3, -0.25) is 15.1 Å². The molecule has 0 saturated heterocycles. The predicted octanol–water partition coefficient (Wildman–Crippen LogP) is 4.72. The first-order valence-electron chi connectivity index (χ1n) is 8.17. The average Bonchev–Trinajstić information content (AvgIpc) is 3.01. The van der Waals surface area contributed by atoms with E-state index in [2.05, 4.69) is 21.4 Å². The SMILES string of the molecule is COc1ccc2nc(C)c(C(=O)Nc3nc4ccc(C)cc4s3)cc2c1. The van der Waals surface area contributed by atoms with Gasteiger partial charge < -0.3 is 4.74 Å². The minimum atomic E-state index is -0.213. The third-order valence-corrected chi connectivity index (χ3v) is 5.16. The number of fused-ring (bicyclic) bond motifs is 2. The molecule has 4 rings (SSSR count). The van der Waals surface area contributed by atoms with Crippen LogP contribution < -0.4 is 10.1 Å². The molecule has 0 saturated carbocycles. The molecule has 6 heteroatoms. The summed E-state index contributed by atoms with van der Waals surface area (Å²) >= 11 is 1.47. The number of aryl methyl sites for hydroxylation is 2. The van der Waals surface area contributed by atoms with Crippen LogP contribution >= 0.6 is 11.3 Å². The fraction of sp³-hybridized carbons (Fsp3) is 0.150. The molecule has 0 bridgehead atoms. The minimum Gasteiger partial charge on any atom is -0.497 e. The molecule has 0 unspecified atom stereocenters. The Balaban J connectivity index is 1.68. The van der Waals surface area contributed by atoms with Crippen molar-refractivity contribution in [3.63, 3.8) is 0 Å². The molecule has 5 nitrogen and oxygen atoms in total. The highest BCUT2D eigenvalue weighted by molar-refractivity contribution is 7.22. The molecule has 0 aliphatic heterocycles. The van der Waals surface area contributed by atoms with Crippen molar-refractivity contribution in [2.75, 3.05) is 12.4 Å². The Labute approximate surface area is 154 Å². The van der Waals surface area contributed by atoms with Crippen LogP contribution in [-0.4, -0.2) is 23.0 Å². The Bertz CT molecular complexity index is 1150. The van der Waals surface area contributed by atoms with Crippen LogP contribution in [-0.2, 0) is 0 Å². The van der Waals surface area contributed by atoms with E-state index in [-0.39, 0.29) is 5.91 Å². The number of rotatable bonds is 3. The molecule has 26 heavy (non-hydrogen) atoms. The first-order chi connectivity index (χ1) is 12.5. The molecule has 0 atom stereocenters. The van der Waals surface area contributed by atoms with Crippen molar-refractivity contribution < 1.29 is 9.53 Å². The van der Waals surface area contributed by atoms with E-state index in [0.717, 1.165) is 26.9 Å². The summed E-state index contributed by atoms with van der Waals surface area (Å²) in [5.74, 6) is 0.520. The number of methoxy groups -OCH3 is 1. The molecule has 2 aromatic carbocycles. The maximum atomic E-state index is 12.8. The first kappa shape index (κ1) is 16.5. The molecular weight excluding hydrogens is 346 g/mol. The number of hydrogen-bond acceptors (Lipinski definition) is 5. The van der Waals surface area contributed by atoms with Gasteiger partial charge in [-0.25, -0.2) is 4.98 Å². The summed E-state index contributed by atoms with van der Waals surface area (Å²) in [6.45, 7) is 3.87. The average molecular weight is 363 g/mol. The van der Waals surface area contributed by atoms with Crippen LogP contribution in [0.5, 0.6) is 5.75 Å². The summed E-state index contributed by atoms with van der Waals surface area (Å²) < 4.78 is 6.31. The van der Waals surface area contributed by atoms with E-state index >= 15 is 0 Å². The van der Waals surface area contributed by atoms with E-state index in [1.807, 2.05) is 50.2 Å². The fourth-order valence-corrected chi connectivity index (χ4v) is 3.82. The van der Waals surface area contributed by atoms with Crippen LogP contribution in [0, 0.1) is 13.8 Å². The Kier molecular flexibility index (Phi) is 4.05.